The van der Waals surface area contributed by atoms with Crippen molar-refractivity contribution in [1.29, 1.82) is 0 Å². The van der Waals surface area contributed by atoms with Crippen LogP contribution in [0.5, 0.6) is 0 Å². The first-order valence-electron chi connectivity index (χ1n) is 6.66. The Hall–Kier alpha value is 0.163. The fraction of sp³-hybridized carbons (Fsp3) is 0.412. The summed E-state index contributed by atoms with van der Waals surface area (Å²) in [5, 5.41) is 2.64. The van der Waals surface area contributed by atoms with Gasteiger partial charge in [0.15, 0.2) is 0 Å². The van der Waals surface area contributed by atoms with Crippen LogP contribution in [0.15, 0.2) is 35.9 Å². The van der Waals surface area contributed by atoms with E-state index in [1.807, 2.05) is 0 Å². The summed E-state index contributed by atoms with van der Waals surface area (Å²) < 4.78 is 0. The summed E-state index contributed by atoms with van der Waals surface area (Å²) in [6, 6.07) is 8.59. The maximum atomic E-state index is 3.66. The van der Waals surface area contributed by atoms with E-state index in [1.54, 1.807) is 5.57 Å². The number of hydrogen-bond acceptors (Lipinski definition) is 0. The minimum absolute atomic E-state index is 0. The number of allylic oxidation sites excluding steroid dienone is 2. The van der Waals surface area contributed by atoms with Crippen molar-refractivity contribution in [1.82, 2.24) is 0 Å². The smallest absolute Gasteiger partial charge is 0 e. The molecular weight excluding hydrogens is 366 g/mol. The van der Waals surface area contributed by atoms with Crippen LogP contribution < -0.4 is 10.4 Å². The van der Waals surface area contributed by atoms with Gasteiger partial charge in [-0.15, -0.1) is 48.2 Å². The molecule has 0 fully saturated rings. The van der Waals surface area contributed by atoms with E-state index in [0.29, 0.717) is 0 Å². The number of hydrogen-bond donors (Lipinski definition) is 0. The summed E-state index contributed by atoms with van der Waals surface area (Å²) in [4.78, 5) is 0. The first-order chi connectivity index (χ1) is 8.25. The van der Waals surface area contributed by atoms with Gasteiger partial charge in [-0.05, 0) is 32.1 Å². The molecule has 0 bridgehead atoms. The molecule has 0 spiro atoms. The molecule has 0 heterocycles. The molecule has 0 saturated heterocycles. The molecule has 0 saturated carbocycles. The topological polar surface area (TPSA) is 0 Å². The van der Waals surface area contributed by atoms with Gasteiger partial charge in [0, 0.05) is 26.2 Å². The summed E-state index contributed by atoms with van der Waals surface area (Å²) in [7, 11) is 0. The zero-order valence-corrected chi connectivity index (χ0v) is 15.9. The van der Waals surface area contributed by atoms with Crippen LogP contribution in [0.2, 0.25) is 0 Å². The summed E-state index contributed by atoms with van der Waals surface area (Å²) in [5.74, 6) is 0. The zero-order valence-electron chi connectivity index (χ0n) is 11.8. The second-order valence-corrected chi connectivity index (χ2v) is 5.56. The van der Waals surface area contributed by atoms with Crippen molar-refractivity contribution >= 4 is 37.0 Å². The standard InChI is InChI=1S/C17H19.2ClH.Zr/c1-17(11-14-7-3-2-4-8-14)12-15-9-5-6-10-16(15)13-17;;;/h5-7,9-10,12H,2-4,8,11H2,1H3;2*1H;/q-1;;;. The van der Waals surface area contributed by atoms with Crippen LogP contribution >= 0.6 is 24.8 Å². The van der Waals surface area contributed by atoms with Gasteiger partial charge < -0.3 is 0 Å². The first-order valence-corrected chi connectivity index (χ1v) is 6.66. The van der Waals surface area contributed by atoms with Gasteiger partial charge in [-0.1, -0.05) is 30.1 Å². The molecular formula is C17H21Cl2Zr-. The van der Waals surface area contributed by atoms with Gasteiger partial charge >= 0.3 is 0 Å². The maximum Gasteiger partial charge on any atom is 0 e. The Labute approximate surface area is 153 Å². The number of halogens is 2. The van der Waals surface area contributed by atoms with Crippen molar-refractivity contribution in [3.8, 4) is 0 Å². The largest absolute Gasteiger partial charge is 0.191 e. The molecule has 0 radical (unpaired) electrons. The summed E-state index contributed by atoms with van der Waals surface area (Å²) in [5.41, 5.74) is 1.75. The fourth-order valence-corrected chi connectivity index (χ4v) is 3.06. The van der Waals surface area contributed by atoms with Crippen LogP contribution in [0.4, 0.5) is 0 Å². The van der Waals surface area contributed by atoms with Gasteiger partial charge in [0.2, 0.25) is 0 Å². The van der Waals surface area contributed by atoms with E-state index in [4.69, 9.17) is 0 Å². The zero-order chi connectivity index (χ0) is 11.7. The Morgan fingerprint density at radius 2 is 1.90 bits per heavy atom. The molecule has 0 aromatic heterocycles. The van der Waals surface area contributed by atoms with Gasteiger partial charge in [-0.3, -0.25) is 0 Å². The average molecular weight is 387 g/mol. The normalized spacial score (nSPS) is 22.8. The first kappa shape index (κ1) is 20.2. The molecule has 1 unspecified atom stereocenters. The molecule has 0 amide bonds. The summed E-state index contributed by atoms with van der Waals surface area (Å²) in [6.45, 7) is 2.31. The molecule has 20 heavy (non-hydrogen) atoms. The van der Waals surface area contributed by atoms with Crippen molar-refractivity contribution in [2.24, 2.45) is 5.41 Å². The minimum atomic E-state index is 0. The van der Waals surface area contributed by atoms with Crippen LogP contribution in [0.1, 0.15) is 39.0 Å². The molecule has 1 aromatic rings. The quantitative estimate of drug-likeness (QED) is 0.534. The van der Waals surface area contributed by atoms with Crippen LogP contribution in [0.25, 0.3) is 12.2 Å². The van der Waals surface area contributed by atoms with E-state index < -0.39 is 0 Å². The predicted molar refractivity (Wildman–Crippen MR) is 87.3 cm³/mol. The number of fused-ring (bicyclic) bond motifs is 1. The Morgan fingerprint density at radius 1 is 1.15 bits per heavy atom. The van der Waals surface area contributed by atoms with Crippen LogP contribution in [-0.2, 0) is 26.2 Å². The van der Waals surface area contributed by atoms with Gasteiger partial charge in [-0.25, -0.2) is 0 Å². The molecule has 1 atom stereocenters. The molecule has 3 rings (SSSR count). The molecule has 1 aromatic carbocycles. The fourth-order valence-electron chi connectivity index (χ4n) is 3.06. The van der Waals surface area contributed by atoms with Gasteiger partial charge in [0.1, 0.15) is 0 Å². The molecule has 108 valence electrons. The van der Waals surface area contributed by atoms with E-state index in [0.717, 1.165) is 6.42 Å². The van der Waals surface area contributed by atoms with E-state index in [2.05, 4.69) is 49.4 Å². The summed E-state index contributed by atoms with van der Waals surface area (Å²) in [6.07, 6.45) is 15.0. The number of benzene rings is 1. The predicted octanol–water partition coefficient (Wildman–Crippen LogP) is 3.88. The van der Waals surface area contributed by atoms with E-state index in [-0.39, 0.29) is 56.4 Å². The minimum Gasteiger partial charge on any atom is -0.191 e. The number of rotatable bonds is 2. The second kappa shape index (κ2) is 8.57. The Kier molecular flexibility index (Phi) is 8.64. The third-order valence-corrected chi connectivity index (χ3v) is 3.83. The van der Waals surface area contributed by atoms with E-state index >= 15 is 0 Å². The van der Waals surface area contributed by atoms with Crippen molar-refractivity contribution < 1.29 is 26.2 Å². The van der Waals surface area contributed by atoms with Crippen LogP contribution in [-0.4, -0.2) is 0 Å². The SMILES string of the molecule is CC1(CC2=CCCCC2)[C-]=c2ccccc2=C1.Cl.Cl.[Zr]. The molecule has 0 nitrogen and oxygen atoms in total. The van der Waals surface area contributed by atoms with Crippen LogP contribution in [0, 0.1) is 5.41 Å². The van der Waals surface area contributed by atoms with E-state index in [9.17, 15) is 0 Å². The van der Waals surface area contributed by atoms with Gasteiger partial charge in [0.05, 0.1) is 0 Å². The molecule has 0 aliphatic heterocycles. The van der Waals surface area contributed by atoms with Crippen molar-refractivity contribution in [3.63, 3.8) is 0 Å². The molecule has 0 N–H and O–H groups in total. The van der Waals surface area contributed by atoms with Gasteiger partial charge in [-0.2, -0.15) is 17.4 Å². The Bertz CT molecular complexity index is 540. The van der Waals surface area contributed by atoms with Gasteiger partial charge in [0.25, 0.3) is 0 Å². The third kappa shape index (κ3) is 4.58. The van der Waals surface area contributed by atoms with Crippen molar-refractivity contribution in [2.45, 2.75) is 39.0 Å². The van der Waals surface area contributed by atoms with E-state index in [1.165, 1.54) is 36.1 Å². The molecule has 2 aliphatic carbocycles. The third-order valence-electron chi connectivity index (χ3n) is 3.83. The Balaban J connectivity index is 0.00000120. The Morgan fingerprint density at radius 3 is 2.55 bits per heavy atom. The molecule has 3 heteroatoms. The molecule has 2 aliphatic rings. The average Bonchev–Trinajstić information content (AvgIpc) is 2.66. The van der Waals surface area contributed by atoms with Crippen LogP contribution in [0.3, 0.4) is 0 Å². The summed E-state index contributed by atoms with van der Waals surface area (Å²) >= 11 is 0. The van der Waals surface area contributed by atoms with Crippen molar-refractivity contribution in [3.05, 3.63) is 46.4 Å². The van der Waals surface area contributed by atoms with Crippen molar-refractivity contribution in [2.75, 3.05) is 0 Å². The monoisotopic (exact) mass is 385 g/mol. The maximum absolute atomic E-state index is 3.66. The second-order valence-electron chi connectivity index (χ2n) is 5.56.